The standard InChI is InChI=1S/C25H27ClF3N3O6S/c26-16-5-7-18(8-6-16)37-19-9-10-31(12-19)11-17(33)13-36-22-4-2-1-3-20(22)30-23(34)21-14-39-15-32(21)38-24(35)25(27,28)29/h1-8,17,19,21,33H,9-15H2,(H,30,34)/t17?,19?,21-/m0/s1. The van der Waals surface area contributed by atoms with E-state index in [9.17, 15) is 27.9 Å². The maximum absolute atomic E-state index is 12.8. The van der Waals surface area contributed by atoms with Crippen LogP contribution in [0.4, 0.5) is 18.9 Å². The number of nitrogens with one attached hydrogen (secondary N) is 1. The minimum atomic E-state index is -5.17. The molecular weight excluding hydrogens is 563 g/mol. The molecule has 2 N–H and O–H groups in total. The van der Waals surface area contributed by atoms with Crippen LogP contribution >= 0.6 is 23.4 Å². The highest BCUT2D eigenvalue weighted by molar-refractivity contribution is 7.99. The van der Waals surface area contributed by atoms with Gasteiger partial charge in [-0.05, 0) is 42.8 Å². The zero-order chi connectivity index (χ0) is 28.0. The molecule has 2 aromatic rings. The van der Waals surface area contributed by atoms with Crippen LogP contribution in [0.3, 0.4) is 0 Å². The quantitative estimate of drug-likeness (QED) is 0.431. The molecule has 2 aliphatic rings. The van der Waals surface area contributed by atoms with Crippen molar-refractivity contribution < 1.29 is 42.2 Å². The van der Waals surface area contributed by atoms with Gasteiger partial charge in [-0.2, -0.15) is 13.2 Å². The zero-order valence-corrected chi connectivity index (χ0v) is 22.2. The molecule has 212 valence electrons. The topological polar surface area (TPSA) is 101 Å². The molecule has 0 spiro atoms. The lowest BCUT2D eigenvalue weighted by molar-refractivity contribution is -0.238. The first-order valence-electron chi connectivity index (χ1n) is 12.1. The van der Waals surface area contributed by atoms with E-state index in [-0.39, 0.29) is 35.8 Å². The van der Waals surface area contributed by atoms with Crippen LogP contribution in [0.2, 0.25) is 5.02 Å². The largest absolute Gasteiger partial charge is 0.492 e. The van der Waals surface area contributed by atoms with Crippen molar-refractivity contribution in [2.45, 2.75) is 30.8 Å². The van der Waals surface area contributed by atoms with Crippen LogP contribution in [0, 0.1) is 0 Å². The lowest BCUT2D eigenvalue weighted by Crippen LogP contribution is -2.44. The molecule has 2 unspecified atom stereocenters. The Bertz CT molecular complexity index is 1140. The number of alkyl halides is 3. The lowest BCUT2D eigenvalue weighted by atomic mass is 10.2. The number of rotatable bonds is 10. The highest BCUT2D eigenvalue weighted by Crippen LogP contribution is 2.28. The Morgan fingerprint density at radius 1 is 1.18 bits per heavy atom. The number of hydrogen-bond donors (Lipinski definition) is 2. The van der Waals surface area contributed by atoms with Crippen molar-refractivity contribution in [3.8, 4) is 11.5 Å². The van der Waals surface area contributed by atoms with Crippen molar-refractivity contribution in [2.75, 3.05) is 43.2 Å². The molecule has 0 bridgehead atoms. The highest BCUT2D eigenvalue weighted by Gasteiger charge is 2.45. The van der Waals surface area contributed by atoms with Gasteiger partial charge >= 0.3 is 12.1 Å². The van der Waals surface area contributed by atoms with Crippen molar-refractivity contribution in [1.82, 2.24) is 9.96 Å². The summed E-state index contributed by atoms with van der Waals surface area (Å²) in [5, 5.41) is 14.5. The summed E-state index contributed by atoms with van der Waals surface area (Å²) in [5.74, 6) is -1.98. The minimum Gasteiger partial charge on any atom is -0.489 e. The van der Waals surface area contributed by atoms with Gasteiger partial charge in [-0.3, -0.25) is 9.69 Å². The number of halogens is 4. The Labute approximate surface area is 232 Å². The molecule has 14 heteroatoms. The predicted octanol–water partition coefficient (Wildman–Crippen LogP) is 3.57. The van der Waals surface area contributed by atoms with Crippen LogP contribution in [0.5, 0.6) is 11.5 Å². The second-order valence-electron chi connectivity index (χ2n) is 9.00. The number of aliphatic hydroxyl groups is 1. The third kappa shape index (κ3) is 8.39. The van der Waals surface area contributed by atoms with Crippen molar-refractivity contribution in [2.24, 2.45) is 0 Å². The molecule has 9 nitrogen and oxygen atoms in total. The zero-order valence-electron chi connectivity index (χ0n) is 20.6. The van der Waals surface area contributed by atoms with Crippen LogP contribution in [0.1, 0.15) is 6.42 Å². The van der Waals surface area contributed by atoms with E-state index in [2.05, 4.69) is 15.1 Å². The van der Waals surface area contributed by atoms with E-state index in [1.54, 1.807) is 36.4 Å². The van der Waals surface area contributed by atoms with Gasteiger partial charge in [-0.25, -0.2) is 4.79 Å². The first kappa shape index (κ1) is 29.3. The van der Waals surface area contributed by atoms with Gasteiger partial charge in [0.2, 0.25) is 5.91 Å². The van der Waals surface area contributed by atoms with Crippen molar-refractivity contribution in [3.63, 3.8) is 0 Å². The molecule has 2 fully saturated rings. The summed E-state index contributed by atoms with van der Waals surface area (Å²) in [6.45, 7) is 1.69. The number of ether oxygens (including phenoxy) is 2. The fraction of sp³-hybridized carbons (Fsp3) is 0.440. The summed E-state index contributed by atoms with van der Waals surface area (Å²) in [6.07, 6.45) is -5.21. The van der Waals surface area contributed by atoms with E-state index in [4.69, 9.17) is 21.1 Å². The van der Waals surface area contributed by atoms with Gasteiger partial charge in [0.15, 0.2) is 0 Å². The molecule has 0 aromatic heterocycles. The van der Waals surface area contributed by atoms with Crippen molar-refractivity contribution >= 4 is 40.9 Å². The molecule has 0 saturated carbocycles. The van der Waals surface area contributed by atoms with Crippen LogP contribution in [0.25, 0.3) is 0 Å². The number of hydroxylamine groups is 2. The third-order valence-electron chi connectivity index (χ3n) is 5.97. The lowest BCUT2D eigenvalue weighted by Gasteiger charge is -2.23. The summed E-state index contributed by atoms with van der Waals surface area (Å²) < 4.78 is 49.4. The predicted molar refractivity (Wildman–Crippen MR) is 139 cm³/mol. The fourth-order valence-electron chi connectivity index (χ4n) is 4.10. The second-order valence-corrected chi connectivity index (χ2v) is 10.4. The first-order chi connectivity index (χ1) is 18.6. The number of nitrogens with zero attached hydrogens (tertiary/aromatic N) is 2. The molecule has 39 heavy (non-hydrogen) atoms. The summed E-state index contributed by atoms with van der Waals surface area (Å²) in [4.78, 5) is 30.4. The van der Waals surface area contributed by atoms with E-state index < -0.39 is 30.2 Å². The average molecular weight is 590 g/mol. The summed E-state index contributed by atoms with van der Waals surface area (Å²) in [7, 11) is 0. The number of likely N-dealkylation sites (tertiary alicyclic amines) is 1. The number of aliphatic hydroxyl groups excluding tert-OH is 1. The Hall–Kier alpha value is -2.71. The Balaban J connectivity index is 1.25. The summed E-state index contributed by atoms with van der Waals surface area (Å²) in [5.41, 5.74) is 0.270. The summed E-state index contributed by atoms with van der Waals surface area (Å²) in [6, 6.07) is 12.5. The van der Waals surface area contributed by atoms with E-state index in [1.165, 1.54) is 0 Å². The van der Waals surface area contributed by atoms with Crippen LogP contribution in [0.15, 0.2) is 48.5 Å². The van der Waals surface area contributed by atoms with Gasteiger partial charge in [0, 0.05) is 30.4 Å². The van der Waals surface area contributed by atoms with E-state index >= 15 is 0 Å². The number of thioether (sulfide) groups is 1. The van der Waals surface area contributed by atoms with Crippen molar-refractivity contribution in [3.05, 3.63) is 53.6 Å². The number of para-hydroxylation sites is 2. The SMILES string of the molecule is O=C(Nc1ccccc1OCC(O)CN1CCC(Oc2ccc(Cl)cc2)C1)[C@@H]1CSCN1OC(=O)C(F)(F)F. The van der Waals surface area contributed by atoms with E-state index in [0.29, 0.717) is 23.2 Å². The number of β-amino-alcohol motifs (C(OH)–C–C–N with tert-alkyl or cyclic N) is 1. The number of carbonyl (C=O) groups is 2. The van der Waals surface area contributed by atoms with Crippen LogP contribution in [-0.4, -0.2) is 89.2 Å². The van der Waals surface area contributed by atoms with Gasteiger partial charge in [0.25, 0.3) is 0 Å². The maximum Gasteiger partial charge on any atom is 0.492 e. The first-order valence-corrected chi connectivity index (χ1v) is 13.6. The summed E-state index contributed by atoms with van der Waals surface area (Å²) >= 11 is 7.06. The number of carbonyl (C=O) groups excluding carboxylic acids is 2. The Kier molecular flexibility index (Phi) is 9.83. The van der Waals surface area contributed by atoms with Gasteiger partial charge in [-0.15, -0.1) is 16.8 Å². The number of anilines is 1. The minimum absolute atomic E-state index is 0.0149. The van der Waals surface area contributed by atoms with E-state index in [0.717, 1.165) is 30.5 Å². The van der Waals surface area contributed by atoms with Gasteiger partial charge in [-0.1, -0.05) is 23.7 Å². The van der Waals surface area contributed by atoms with Crippen LogP contribution in [-0.2, 0) is 14.4 Å². The molecule has 2 aliphatic heterocycles. The molecule has 4 rings (SSSR count). The Morgan fingerprint density at radius 2 is 1.92 bits per heavy atom. The normalized spacial score (nSPS) is 20.9. The number of amides is 1. The molecule has 2 saturated heterocycles. The van der Waals surface area contributed by atoms with Gasteiger partial charge in [0.1, 0.15) is 36.4 Å². The third-order valence-corrected chi connectivity index (χ3v) is 7.21. The monoisotopic (exact) mass is 589 g/mol. The number of hydrogen-bond acceptors (Lipinski definition) is 9. The number of benzene rings is 2. The highest BCUT2D eigenvalue weighted by atomic mass is 35.5. The van der Waals surface area contributed by atoms with Gasteiger partial charge < -0.3 is 24.7 Å². The molecule has 0 radical (unpaired) electrons. The van der Waals surface area contributed by atoms with Crippen LogP contribution < -0.4 is 14.8 Å². The maximum atomic E-state index is 12.8. The second kappa shape index (κ2) is 13.1. The smallest absolute Gasteiger partial charge is 0.489 e. The van der Waals surface area contributed by atoms with Crippen molar-refractivity contribution in [1.29, 1.82) is 0 Å². The molecule has 2 heterocycles. The molecular formula is C25H27ClF3N3O6S. The fourth-order valence-corrected chi connectivity index (χ4v) is 5.28. The molecule has 3 atom stereocenters. The average Bonchev–Trinajstić information content (AvgIpc) is 3.53. The molecule has 1 amide bonds. The van der Waals surface area contributed by atoms with Gasteiger partial charge in [0.05, 0.1) is 11.6 Å². The molecule has 2 aromatic carbocycles. The molecule has 0 aliphatic carbocycles. The van der Waals surface area contributed by atoms with E-state index in [1.807, 2.05) is 12.1 Å². The Morgan fingerprint density at radius 3 is 2.67 bits per heavy atom.